The summed E-state index contributed by atoms with van der Waals surface area (Å²) in [6.45, 7) is 4.13. The maximum absolute atomic E-state index is 6.99. The Hall–Kier alpha value is -1.15. The molecule has 0 heterocycles. The molecule has 0 bridgehead atoms. The number of rotatable bonds is 1. The molecule has 3 N–H and O–H groups in total. The van der Waals surface area contributed by atoms with Crippen molar-refractivity contribution in [2.24, 2.45) is 5.73 Å². The first-order chi connectivity index (χ1) is 5.74. The number of benzene rings is 1. The van der Waals surface area contributed by atoms with Gasteiger partial charge in [0.1, 0.15) is 0 Å². The minimum absolute atomic E-state index is 0.975. The van der Waals surface area contributed by atoms with Gasteiger partial charge in [0.15, 0.2) is 0 Å². The smallest absolute Gasteiger partial charge is 0.0250 e. The summed E-state index contributed by atoms with van der Waals surface area (Å²) in [4.78, 5) is 0. The van der Waals surface area contributed by atoms with Crippen molar-refractivity contribution in [1.82, 2.24) is 0 Å². The zero-order valence-corrected chi connectivity index (χ0v) is 7.89. The summed E-state index contributed by atoms with van der Waals surface area (Å²) < 4.78 is 0. The van der Waals surface area contributed by atoms with Crippen LogP contribution in [0.4, 0.5) is 0 Å². The van der Waals surface area contributed by atoms with Gasteiger partial charge in [0.25, 0.3) is 0 Å². The number of hydrogen-bond donors (Lipinski definition) is 2. The predicted octanol–water partition coefficient (Wildman–Crippen LogP) is 1.88. The zero-order valence-electron chi connectivity index (χ0n) is 7.89. The molecule has 0 radical (unpaired) electrons. The van der Waals surface area contributed by atoms with Gasteiger partial charge in [-0.3, -0.25) is 0 Å². The highest BCUT2D eigenvalue weighted by Gasteiger charge is 1.91. The molecule has 0 aromatic heterocycles. The van der Waals surface area contributed by atoms with Crippen molar-refractivity contribution in [3.63, 3.8) is 0 Å². The Morgan fingerprint density at radius 1 is 1.17 bits per heavy atom. The summed E-state index contributed by atoms with van der Waals surface area (Å²) in [7, 11) is 1.50. The Labute approximate surface area is 73.9 Å². The molecule has 0 saturated carbocycles. The van der Waals surface area contributed by atoms with Gasteiger partial charge in [-0.2, -0.15) is 0 Å². The van der Waals surface area contributed by atoms with Gasteiger partial charge in [0.2, 0.25) is 0 Å². The van der Waals surface area contributed by atoms with Crippen molar-refractivity contribution in [1.29, 1.82) is 5.41 Å². The van der Waals surface area contributed by atoms with Gasteiger partial charge < -0.3 is 11.1 Å². The van der Waals surface area contributed by atoms with Crippen molar-refractivity contribution in [3.05, 3.63) is 34.9 Å². The fraction of sp³-hybridized carbons (Fsp3) is 0.300. The molecule has 1 aromatic rings. The van der Waals surface area contributed by atoms with E-state index in [0.29, 0.717) is 0 Å². The molecule has 1 rings (SSSR count). The molecule has 1 aromatic carbocycles. The quantitative estimate of drug-likeness (QED) is 0.612. The zero-order chi connectivity index (χ0) is 9.56. The largest absolute Gasteiger partial charge is 0.333 e. The second kappa shape index (κ2) is 5.49. The molecule has 0 aliphatic heterocycles. The van der Waals surface area contributed by atoms with E-state index >= 15 is 0 Å². The van der Waals surface area contributed by atoms with Crippen LogP contribution < -0.4 is 5.73 Å². The fourth-order valence-corrected chi connectivity index (χ4v) is 0.854. The van der Waals surface area contributed by atoms with Crippen molar-refractivity contribution >= 4 is 6.21 Å². The fourth-order valence-electron chi connectivity index (χ4n) is 0.854. The standard InChI is InChI=1S/C9H11N.CH5N/c1-7-3-4-9(6-10)5-8(7)2;1-2/h3-6,10H,1-2H3;2H2,1H3. The van der Waals surface area contributed by atoms with Crippen molar-refractivity contribution in [2.75, 3.05) is 7.05 Å². The lowest BCUT2D eigenvalue weighted by Crippen LogP contribution is -1.84. The number of nitrogens with one attached hydrogen (secondary N) is 1. The molecule has 0 atom stereocenters. The summed E-state index contributed by atoms with van der Waals surface area (Å²) in [6, 6.07) is 6.01. The number of aryl methyl sites for hydroxylation is 2. The highest BCUT2D eigenvalue weighted by molar-refractivity contribution is 5.77. The molecule has 0 spiro atoms. The average molecular weight is 164 g/mol. The summed E-state index contributed by atoms with van der Waals surface area (Å²) in [5, 5.41) is 6.99. The van der Waals surface area contributed by atoms with Crippen LogP contribution in [-0.2, 0) is 0 Å². The molecule has 66 valence electrons. The third-order valence-corrected chi connectivity index (χ3v) is 1.70. The summed E-state index contributed by atoms with van der Waals surface area (Å²) in [5.41, 5.74) is 8.01. The maximum atomic E-state index is 6.99. The number of nitrogens with two attached hydrogens (primary N) is 1. The molecular formula is C10H16N2. The average Bonchev–Trinajstić information content (AvgIpc) is 2.13. The van der Waals surface area contributed by atoms with Crippen molar-refractivity contribution < 1.29 is 0 Å². The van der Waals surface area contributed by atoms with Crippen LogP contribution in [0.25, 0.3) is 0 Å². The van der Waals surface area contributed by atoms with Gasteiger partial charge in [-0.05, 0) is 37.6 Å². The lowest BCUT2D eigenvalue weighted by molar-refractivity contribution is 1.33. The Balaban J connectivity index is 0.000000561. The van der Waals surface area contributed by atoms with Crippen LogP contribution in [0, 0.1) is 19.3 Å². The van der Waals surface area contributed by atoms with Crippen LogP contribution in [-0.4, -0.2) is 13.3 Å². The van der Waals surface area contributed by atoms with E-state index in [0.717, 1.165) is 5.56 Å². The van der Waals surface area contributed by atoms with Gasteiger partial charge in [-0.25, -0.2) is 0 Å². The van der Waals surface area contributed by atoms with E-state index < -0.39 is 0 Å². The highest BCUT2D eigenvalue weighted by Crippen LogP contribution is 2.07. The Kier molecular flexibility index (Phi) is 4.97. The molecule has 0 unspecified atom stereocenters. The van der Waals surface area contributed by atoms with Crippen molar-refractivity contribution in [3.8, 4) is 0 Å². The lowest BCUT2D eigenvalue weighted by Gasteiger charge is -1.98. The third kappa shape index (κ3) is 2.84. The van der Waals surface area contributed by atoms with E-state index in [4.69, 9.17) is 5.41 Å². The molecule has 12 heavy (non-hydrogen) atoms. The SMILES string of the molecule is CN.Cc1ccc(C=N)cc1C. The summed E-state index contributed by atoms with van der Waals surface area (Å²) in [6.07, 6.45) is 1.37. The van der Waals surface area contributed by atoms with E-state index in [-0.39, 0.29) is 0 Å². The molecular weight excluding hydrogens is 148 g/mol. The second-order valence-corrected chi connectivity index (χ2v) is 2.49. The van der Waals surface area contributed by atoms with Crippen molar-refractivity contribution in [2.45, 2.75) is 13.8 Å². The van der Waals surface area contributed by atoms with Crippen LogP contribution in [0.3, 0.4) is 0 Å². The van der Waals surface area contributed by atoms with Crippen LogP contribution in [0.5, 0.6) is 0 Å². The minimum Gasteiger partial charge on any atom is -0.333 e. The highest BCUT2D eigenvalue weighted by atomic mass is 14.4. The summed E-state index contributed by atoms with van der Waals surface area (Å²) >= 11 is 0. The molecule has 0 fully saturated rings. The molecule has 0 amide bonds. The van der Waals surface area contributed by atoms with Gasteiger partial charge in [0, 0.05) is 6.21 Å². The Bertz CT molecular complexity index is 254. The van der Waals surface area contributed by atoms with E-state index in [1.54, 1.807) is 0 Å². The van der Waals surface area contributed by atoms with Crippen LogP contribution in [0.2, 0.25) is 0 Å². The van der Waals surface area contributed by atoms with Gasteiger partial charge >= 0.3 is 0 Å². The summed E-state index contributed by atoms with van der Waals surface area (Å²) in [5.74, 6) is 0. The van der Waals surface area contributed by atoms with E-state index in [1.165, 1.54) is 24.4 Å². The van der Waals surface area contributed by atoms with Crippen LogP contribution in [0.15, 0.2) is 18.2 Å². The van der Waals surface area contributed by atoms with Crippen LogP contribution in [0.1, 0.15) is 16.7 Å². The topological polar surface area (TPSA) is 49.9 Å². The van der Waals surface area contributed by atoms with Gasteiger partial charge in [-0.1, -0.05) is 18.2 Å². The Morgan fingerprint density at radius 3 is 2.17 bits per heavy atom. The van der Waals surface area contributed by atoms with Gasteiger partial charge in [-0.15, -0.1) is 0 Å². The first-order valence-corrected chi connectivity index (χ1v) is 3.89. The molecule has 0 aliphatic carbocycles. The Morgan fingerprint density at radius 2 is 1.75 bits per heavy atom. The third-order valence-electron chi connectivity index (χ3n) is 1.70. The van der Waals surface area contributed by atoms with Crippen LogP contribution >= 0.6 is 0 Å². The van der Waals surface area contributed by atoms with Gasteiger partial charge in [0.05, 0.1) is 0 Å². The first kappa shape index (κ1) is 10.8. The van der Waals surface area contributed by atoms with E-state index in [2.05, 4.69) is 19.6 Å². The first-order valence-electron chi connectivity index (χ1n) is 3.89. The molecule has 2 nitrogen and oxygen atoms in total. The second-order valence-electron chi connectivity index (χ2n) is 2.49. The lowest BCUT2D eigenvalue weighted by atomic mass is 10.1. The molecule has 2 heteroatoms. The molecule has 0 saturated heterocycles. The minimum atomic E-state index is 0.975. The normalized spacial score (nSPS) is 8.33. The van der Waals surface area contributed by atoms with E-state index in [1.807, 2.05) is 18.2 Å². The number of hydrogen-bond acceptors (Lipinski definition) is 2. The van der Waals surface area contributed by atoms with E-state index in [9.17, 15) is 0 Å². The monoisotopic (exact) mass is 164 g/mol. The molecule has 0 aliphatic rings. The maximum Gasteiger partial charge on any atom is 0.0250 e. The predicted molar refractivity (Wildman–Crippen MR) is 53.9 cm³/mol.